The molecule has 0 spiro atoms. The van der Waals surface area contributed by atoms with E-state index in [0.717, 1.165) is 17.9 Å². The Labute approximate surface area is 107 Å². The molecule has 6 nitrogen and oxygen atoms in total. The molecule has 1 atom stereocenters. The fourth-order valence-corrected chi connectivity index (χ4v) is 3.06. The first kappa shape index (κ1) is 12.4. The molecule has 0 amide bonds. The van der Waals surface area contributed by atoms with E-state index in [4.69, 9.17) is 11.6 Å². The van der Waals surface area contributed by atoms with Gasteiger partial charge in [0.25, 0.3) is 0 Å². The third-order valence-corrected chi connectivity index (χ3v) is 3.82. The lowest BCUT2D eigenvalue weighted by Gasteiger charge is -2.12. The summed E-state index contributed by atoms with van der Waals surface area (Å²) in [6, 6.07) is 0.212. The smallest absolute Gasteiger partial charge is 0.332 e. The van der Waals surface area contributed by atoms with E-state index < -0.39 is 4.92 Å². The van der Waals surface area contributed by atoms with Gasteiger partial charge < -0.3 is 5.32 Å². The van der Waals surface area contributed by atoms with Crippen LogP contribution in [0.3, 0.4) is 0 Å². The summed E-state index contributed by atoms with van der Waals surface area (Å²) in [5.74, 6) is 2.21. The zero-order valence-electron chi connectivity index (χ0n) is 9.14. The Morgan fingerprint density at radius 2 is 2.35 bits per heavy atom. The summed E-state index contributed by atoms with van der Waals surface area (Å²) >= 11 is 7.54. The number of nitrogens with one attached hydrogen (secondary N) is 1. The van der Waals surface area contributed by atoms with Crippen molar-refractivity contribution < 1.29 is 4.92 Å². The Morgan fingerprint density at radius 3 is 2.94 bits per heavy atom. The Kier molecular flexibility index (Phi) is 3.68. The SMILES string of the molecule is Cc1nc(Cl)nc(NC2CCSC2)c1[N+](=O)[O-]. The molecule has 0 saturated carbocycles. The Hall–Kier alpha value is -1.08. The van der Waals surface area contributed by atoms with Gasteiger partial charge in [0, 0.05) is 11.8 Å². The standard InChI is InChI=1S/C9H11ClN4O2S/c1-5-7(14(15)16)8(13-9(10)11-5)12-6-2-3-17-4-6/h6H,2-4H2,1H3,(H,11,12,13). The van der Waals surface area contributed by atoms with E-state index >= 15 is 0 Å². The topological polar surface area (TPSA) is 81.0 Å². The van der Waals surface area contributed by atoms with Crippen molar-refractivity contribution in [3.8, 4) is 0 Å². The van der Waals surface area contributed by atoms with Gasteiger partial charge in [-0.25, -0.2) is 4.98 Å². The van der Waals surface area contributed by atoms with Crippen molar-refractivity contribution >= 4 is 34.9 Å². The van der Waals surface area contributed by atoms with E-state index in [9.17, 15) is 10.1 Å². The van der Waals surface area contributed by atoms with E-state index in [1.54, 1.807) is 6.92 Å². The molecular formula is C9H11ClN4O2S. The van der Waals surface area contributed by atoms with Crippen LogP contribution >= 0.6 is 23.4 Å². The minimum absolute atomic E-state index is 0.0289. The quantitative estimate of drug-likeness (QED) is 0.517. The van der Waals surface area contributed by atoms with Crippen molar-refractivity contribution in [1.82, 2.24) is 9.97 Å². The van der Waals surface area contributed by atoms with Gasteiger partial charge in [0.15, 0.2) is 0 Å². The number of aryl methyl sites for hydroxylation is 1. The van der Waals surface area contributed by atoms with E-state index in [1.165, 1.54) is 0 Å². The molecule has 0 aliphatic carbocycles. The van der Waals surface area contributed by atoms with Crippen LogP contribution in [0.25, 0.3) is 0 Å². The molecule has 0 aromatic carbocycles. The average Bonchev–Trinajstić information content (AvgIpc) is 2.68. The lowest BCUT2D eigenvalue weighted by Crippen LogP contribution is -2.20. The van der Waals surface area contributed by atoms with Crippen molar-refractivity contribution in [2.24, 2.45) is 0 Å². The molecule has 1 fully saturated rings. The second kappa shape index (κ2) is 5.05. The molecule has 1 saturated heterocycles. The number of rotatable bonds is 3. The van der Waals surface area contributed by atoms with Crippen LogP contribution in [0.5, 0.6) is 0 Å². The van der Waals surface area contributed by atoms with Crippen LogP contribution in [-0.2, 0) is 0 Å². The Balaban J connectivity index is 2.32. The fourth-order valence-electron chi connectivity index (χ4n) is 1.69. The first-order valence-electron chi connectivity index (χ1n) is 5.10. The molecule has 2 heterocycles. The average molecular weight is 275 g/mol. The molecular weight excluding hydrogens is 264 g/mol. The maximum absolute atomic E-state index is 11.0. The highest BCUT2D eigenvalue weighted by Crippen LogP contribution is 2.29. The molecule has 1 unspecified atom stereocenters. The molecule has 1 aromatic rings. The molecule has 1 aliphatic rings. The molecule has 17 heavy (non-hydrogen) atoms. The van der Waals surface area contributed by atoms with Gasteiger partial charge in [-0.15, -0.1) is 0 Å². The molecule has 92 valence electrons. The third-order valence-electron chi connectivity index (χ3n) is 2.48. The van der Waals surface area contributed by atoms with Crippen LogP contribution < -0.4 is 5.32 Å². The fraction of sp³-hybridized carbons (Fsp3) is 0.556. The Bertz CT molecular complexity index is 451. The van der Waals surface area contributed by atoms with Gasteiger partial charge in [-0.05, 0) is 30.7 Å². The van der Waals surface area contributed by atoms with Crippen molar-refractivity contribution in [2.45, 2.75) is 19.4 Å². The maximum Gasteiger partial charge on any atom is 0.332 e. The van der Waals surface area contributed by atoms with E-state index in [0.29, 0.717) is 0 Å². The van der Waals surface area contributed by atoms with Crippen LogP contribution in [0.2, 0.25) is 5.28 Å². The molecule has 8 heteroatoms. The minimum atomic E-state index is -0.476. The predicted octanol–water partition coefficient (Wildman–Crippen LogP) is 2.26. The molecule has 2 rings (SSSR count). The summed E-state index contributed by atoms with van der Waals surface area (Å²) in [6.45, 7) is 1.56. The second-order valence-electron chi connectivity index (χ2n) is 3.74. The number of halogens is 1. The van der Waals surface area contributed by atoms with E-state index in [2.05, 4.69) is 15.3 Å². The molecule has 0 radical (unpaired) electrons. The monoisotopic (exact) mass is 274 g/mol. The largest absolute Gasteiger partial charge is 0.361 e. The van der Waals surface area contributed by atoms with Gasteiger partial charge in [-0.2, -0.15) is 16.7 Å². The summed E-state index contributed by atoms with van der Waals surface area (Å²) in [4.78, 5) is 18.2. The highest BCUT2D eigenvalue weighted by molar-refractivity contribution is 7.99. The first-order valence-corrected chi connectivity index (χ1v) is 6.64. The van der Waals surface area contributed by atoms with Crippen LogP contribution in [0.4, 0.5) is 11.5 Å². The second-order valence-corrected chi connectivity index (χ2v) is 5.23. The summed E-state index contributed by atoms with van der Waals surface area (Å²) in [5.41, 5.74) is 0.189. The lowest BCUT2D eigenvalue weighted by molar-refractivity contribution is -0.385. The number of thioether (sulfide) groups is 1. The van der Waals surface area contributed by atoms with E-state index in [-0.39, 0.29) is 28.5 Å². The minimum Gasteiger partial charge on any atom is -0.361 e. The predicted molar refractivity (Wildman–Crippen MR) is 67.8 cm³/mol. The number of hydrogen-bond donors (Lipinski definition) is 1. The van der Waals surface area contributed by atoms with Crippen LogP contribution in [0.1, 0.15) is 12.1 Å². The maximum atomic E-state index is 11.0. The third kappa shape index (κ3) is 2.78. The number of nitro groups is 1. The van der Waals surface area contributed by atoms with Crippen molar-refractivity contribution in [3.63, 3.8) is 0 Å². The first-order chi connectivity index (χ1) is 8.08. The van der Waals surface area contributed by atoms with Gasteiger partial charge in [0.2, 0.25) is 11.1 Å². The summed E-state index contributed by atoms with van der Waals surface area (Å²) in [5, 5.41) is 14.1. The zero-order valence-corrected chi connectivity index (χ0v) is 10.7. The van der Waals surface area contributed by atoms with Crippen LogP contribution in [-0.4, -0.2) is 32.4 Å². The summed E-state index contributed by atoms with van der Waals surface area (Å²) in [6.07, 6.45) is 0.975. The number of nitrogens with zero attached hydrogens (tertiary/aromatic N) is 3. The normalized spacial score (nSPS) is 19.3. The van der Waals surface area contributed by atoms with Crippen molar-refractivity contribution in [3.05, 3.63) is 21.1 Å². The number of anilines is 1. The highest BCUT2D eigenvalue weighted by Gasteiger charge is 2.25. The summed E-state index contributed by atoms with van der Waals surface area (Å²) in [7, 11) is 0. The lowest BCUT2D eigenvalue weighted by atomic mass is 10.2. The van der Waals surface area contributed by atoms with Gasteiger partial charge in [-0.1, -0.05) is 0 Å². The molecule has 1 aromatic heterocycles. The highest BCUT2D eigenvalue weighted by atomic mass is 35.5. The van der Waals surface area contributed by atoms with Gasteiger partial charge >= 0.3 is 5.69 Å². The number of hydrogen-bond acceptors (Lipinski definition) is 6. The summed E-state index contributed by atoms with van der Waals surface area (Å²) < 4.78 is 0. The van der Waals surface area contributed by atoms with Crippen LogP contribution in [0.15, 0.2) is 0 Å². The zero-order chi connectivity index (χ0) is 12.4. The van der Waals surface area contributed by atoms with Crippen LogP contribution in [0, 0.1) is 17.0 Å². The Morgan fingerprint density at radius 1 is 1.59 bits per heavy atom. The number of aromatic nitrogens is 2. The van der Waals surface area contributed by atoms with Gasteiger partial charge in [0.05, 0.1) is 4.92 Å². The molecule has 1 aliphatic heterocycles. The van der Waals surface area contributed by atoms with Crippen molar-refractivity contribution in [1.29, 1.82) is 0 Å². The van der Waals surface area contributed by atoms with Gasteiger partial charge in [0.1, 0.15) is 5.69 Å². The molecule has 1 N–H and O–H groups in total. The van der Waals surface area contributed by atoms with E-state index in [1.807, 2.05) is 11.8 Å². The van der Waals surface area contributed by atoms with Gasteiger partial charge in [-0.3, -0.25) is 10.1 Å². The van der Waals surface area contributed by atoms with Crippen molar-refractivity contribution in [2.75, 3.05) is 16.8 Å². The molecule has 0 bridgehead atoms.